The second kappa shape index (κ2) is 9.67. The first-order valence-corrected chi connectivity index (χ1v) is 11.5. The molecule has 0 aromatic heterocycles. The van der Waals surface area contributed by atoms with Crippen molar-refractivity contribution in [3.05, 3.63) is 71.8 Å². The number of hydrogen-bond donors (Lipinski definition) is 1. The number of carbonyl (C=O) groups is 3. The van der Waals surface area contributed by atoms with Crippen molar-refractivity contribution >= 4 is 28.2 Å². The van der Waals surface area contributed by atoms with Gasteiger partial charge in [-0.1, -0.05) is 48.5 Å². The predicted octanol–water partition coefficient (Wildman–Crippen LogP) is 4.68. The smallest absolute Gasteiger partial charge is 0.222 e. The van der Waals surface area contributed by atoms with Crippen molar-refractivity contribution in [3.63, 3.8) is 0 Å². The zero-order chi connectivity index (χ0) is 24.3. The van der Waals surface area contributed by atoms with E-state index in [-0.39, 0.29) is 42.8 Å². The van der Waals surface area contributed by atoms with Gasteiger partial charge in [0.15, 0.2) is 23.1 Å². The Morgan fingerprint density at radius 2 is 1.62 bits per heavy atom. The van der Waals surface area contributed by atoms with Crippen LogP contribution in [0.5, 0.6) is 11.5 Å². The summed E-state index contributed by atoms with van der Waals surface area (Å²) >= 11 is 0. The van der Waals surface area contributed by atoms with Crippen molar-refractivity contribution < 1.29 is 23.9 Å². The molecule has 0 aliphatic heterocycles. The van der Waals surface area contributed by atoms with E-state index in [0.29, 0.717) is 23.5 Å². The van der Waals surface area contributed by atoms with Crippen molar-refractivity contribution in [2.75, 3.05) is 14.2 Å². The van der Waals surface area contributed by atoms with Crippen molar-refractivity contribution in [1.29, 1.82) is 0 Å². The fraction of sp³-hybridized carbons (Fsp3) is 0.321. The molecule has 4 rings (SSSR count). The molecule has 1 aliphatic carbocycles. The summed E-state index contributed by atoms with van der Waals surface area (Å²) in [6.07, 6.45) is 0.772. The quantitative estimate of drug-likeness (QED) is 0.519. The Hall–Kier alpha value is -3.67. The number of carbonyl (C=O) groups excluding carboxylic acids is 3. The fourth-order valence-electron chi connectivity index (χ4n) is 4.95. The van der Waals surface area contributed by atoms with Gasteiger partial charge in [-0.3, -0.25) is 14.4 Å². The van der Waals surface area contributed by atoms with Crippen molar-refractivity contribution in [3.8, 4) is 11.5 Å². The summed E-state index contributed by atoms with van der Waals surface area (Å²) in [7, 11) is 3.02. The van der Waals surface area contributed by atoms with E-state index in [1.807, 2.05) is 49.4 Å². The van der Waals surface area contributed by atoms with Gasteiger partial charge in [-0.25, -0.2) is 0 Å². The first kappa shape index (κ1) is 23.5. The number of ketones is 2. The molecule has 1 atom stereocenters. The number of nitrogens with one attached hydrogen (secondary N) is 1. The van der Waals surface area contributed by atoms with Crippen LogP contribution in [-0.4, -0.2) is 31.7 Å². The molecule has 1 fully saturated rings. The fourth-order valence-corrected chi connectivity index (χ4v) is 4.95. The van der Waals surface area contributed by atoms with Crippen LogP contribution >= 0.6 is 0 Å². The van der Waals surface area contributed by atoms with Gasteiger partial charge in [0, 0.05) is 12.8 Å². The highest BCUT2D eigenvalue weighted by Gasteiger charge is 2.50. The molecule has 34 heavy (non-hydrogen) atoms. The second-order valence-electron chi connectivity index (χ2n) is 8.71. The summed E-state index contributed by atoms with van der Waals surface area (Å²) in [6.45, 7) is 1.91. The first-order valence-electron chi connectivity index (χ1n) is 11.5. The van der Waals surface area contributed by atoms with E-state index in [1.54, 1.807) is 18.2 Å². The summed E-state index contributed by atoms with van der Waals surface area (Å²) in [6, 6.07) is 18.6. The van der Waals surface area contributed by atoms with Gasteiger partial charge in [-0.05, 0) is 47.4 Å². The highest BCUT2D eigenvalue weighted by atomic mass is 16.5. The molecule has 6 heteroatoms. The topological polar surface area (TPSA) is 81.7 Å². The summed E-state index contributed by atoms with van der Waals surface area (Å²) in [5, 5.41) is 5.16. The average Bonchev–Trinajstić information content (AvgIpc) is 2.85. The van der Waals surface area contributed by atoms with Crippen LogP contribution in [0.2, 0.25) is 0 Å². The highest BCUT2D eigenvalue weighted by molar-refractivity contribution is 6.16. The van der Waals surface area contributed by atoms with Crippen LogP contribution in [0.1, 0.15) is 49.8 Å². The number of fused-ring (bicyclic) bond motifs is 1. The lowest BCUT2D eigenvalue weighted by Crippen LogP contribution is -2.50. The van der Waals surface area contributed by atoms with Crippen LogP contribution in [0.4, 0.5) is 0 Å². The third kappa shape index (κ3) is 4.16. The van der Waals surface area contributed by atoms with Crippen LogP contribution in [0.15, 0.2) is 60.7 Å². The summed E-state index contributed by atoms with van der Waals surface area (Å²) in [5.74, 6) is 0.0907. The Morgan fingerprint density at radius 3 is 2.32 bits per heavy atom. The van der Waals surface area contributed by atoms with Gasteiger partial charge in [0.25, 0.3) is 0 Å². The first-order chi connectivity index (χ1) is 16.4. The third-order valence-corrected chi connectivity index (χ3v) is 6.73. The molecule has 0 spiro atoms. The number of rotatable bonds is 7. The van der Waals surface area contributed by atoms with E-state index in [2.05, 4.69) is 5.32 Å². The number of benzene rings is 3. The maximum Gasteiger partial charge on any atom is 0.222 e. The molecule has 0 heterocycles. The Labute approximate surface area is 199 Å². The Kier molecular flexibility index (Phi) is 6.68. The van der Waals surface area contributed by atoms with E-state index >= 15 is 0 Å². The molecular formula is C28H29NO5. The summed E-state index contributed by atoms with van der Waals surface area (Å²) < 4.78 is 10.7. The lowest BCUT2D eigenvalue weighted by atomic mass is 9.65. The molecule has 0 radical (unpaired) electrons. The van der Waals surface area contributed by atoms with Gasteiger partial charge in [0.2, 0.25) is 5.91 Å². The molecule has 0 saturated heterocycles. The number of amides is 1. The Morgan fingerprint density at radius 1 is 0.941 bits per heavy atom. The van der Waals surface area contributed by atoms with E-state index in [9.17, 15) is 14.4 Å². The molecule has 0 bridgehead atoms. The SMILES string of the molecule is COc1ccc(C2(CC(=O)N[C@H](C)c3cccc4ccccc34)C(=O)CCCC2=O)cc1OC. The van der Waals surface area contributed by atoms with Crippen molar-refractivity contribution in [2.24, 2.45) is 0 Å². The van der Waals surface area contributed by atoms with Crippen LogP contribution < -0.4 is 14.8 Å². The van der Waals surface area contributed by atoms with E-state index in [0.717, 1.165) is 16.3 Å². The molecule has 3 aromatic carbocycles. The maximum atomic E-state index is 13.3. The monoisotopic (exact) mass is 459 g/mol. The van der Waals surface area contributed by atoms with Crippen LogP contribution in [0.3, 0.4) is 0 Å². The zero-order valence-electron chi connectivity index (χ0n) is 19.7. The van der Waals surface area contributed by atoms with Crippen LogP contribution in [-0.2, 0) is 19.8 Å². The van der Waals surface area contributed by atoms with Crippen LogP contribution in [0, 0.1) is 0 Å². The number of methoxy groups -OCH3 is 2. The van der Waals surface area contributed by atoms with Gasteiger partial charge < -0.3 is 14.8 Å². The van der Waals surface area contributed by atoms with Gasteiger partial charge in [0.05, 0.1) is 26.7 Å². The Balaban J connectivity index is 1.67. The molecule has 6 nitrogen and oxygen atoms in total. The predicted molar refractivity (Wildman–Crippen MR) is 130 cm³/mol. The zero-order valence-corrected chi connectivity index (χ0v) is 19.7. The second-order valence-corrected chi connectivity index (χ2v) is 8.71. The average molecular weight is 460 g/mol. The lowest BCUT2D eigenvalue weighted by Gasteiger charge is -2.35. The molecule has 1 N–H and O–H groups in total. The lowest BCUT2D eigenvalue weighted by molar-refractivity contribution is -0.142. The van der Waals surface area contributed by atoms with Gasteiger partial charge in [-0.15, -0.1) is 0 Å². The molecule has 0 unspecified atom stereocenters. The van der Waals surface area contributed by atoms with E-state index in [4.69, 9.17) is 9.47 Å². The molecule has 1 saturated carbocycles. The third-order valence-electron chi connectivity index (χ3n) is 6.73. The standard InChI is InChI=1S/C28H29NO5/c1-18(21-11-6-9-19-8-4-5-10-22(19)21)29-27(32)17-28(25(30)12-7-13-26(28)31)20-14-15-23(33-2)24(16-20)34-3/h4-6,8-11,14-16,18H,7,12-13,17H2,1-3H3,(H,29,32)/t18-/m1/s1. The summed E-state index contributed by atoms with van der Waals surface area (Å²) in [5.41, 5.74) is -0.0823. The minimum atomic E-state index is -1.53. The maximum absolute atomic E-state index is 13.3. The van der Waals surface area contributed by atoms with Crippen molar-refractivity contribution in [2.45, 2.75) is 44.1 Å². The summed E-state index contributed by atoms with van der Waals surface area (Å²) in [4.78, 5) is 39.9. The number of Topliss-reactive ketones (excluding diaryl/α,β-unsaturated/α-hetero) is 2. The van der Waals surface area contributed by atoms with Gasteiger partial charge in [0.1, 0.15) is 5.41 Å². The molecule has 1 aliphatic rings. The van der Waals surface area contributed by atoms with Gasteiger partial charge in [-0.2, -0.15) is 0 Å². The highest BCUT2D eigenvalue weighted by Crippen LogP contribution is 2.41. The van der Waals surface area contributed by atoms with E-state index in [1.165, 1.54) is 14.2 Å². The minimum absolute atomic E-state index is 0.232. The van der Waals surface area contributed by atoms with Crippen LogP contribution in [0.25, 0.3) is 10.8 Å². The molecule has 1 amide bonds. The van der Waals surface area contributed by atoms with Gasteiger partial charge >= 0.3 is 0 Å². The van der Waals surface area contributed by atoms with E-state index < -0.39 is 5.41 Å². The number of hydrogen-bond acceptors (Lipinski definition) is 5. The molecular weight excluding hydrogens is 430 g/mol. The van der Waals surface area contributed by atoms with Crippen molar-refractivity contribution in [1.82, 2.24) is 5.32 Å². The number of ether oxygens (including phenoxy) is 2. The minimum Gasteiger partial charge on any atom is -0.493 e. The largest absolute Gasteiger partial charge is 0.493 e. The molecule has 176 valence electrons. The Bertz CT molecular complexity index is 1230. The molecule has 3 aromatic rings. The normalized spacial score (nSPS) is 16.2.